The average Bonchev–Trinajstić information content (AvgIpc) is 2.93. The van der Waals surface area contributed by atoms with Crippen molar-refractivity contribution in [2.75, 3.05) is 13.1 Å². The molecule has 1 aromatic rings. The number of carboxylic acid groups (broad SMARTS) is 1. The second kappa shape index (κ2) is 5.48. The van der Waals surface area contributed by atoms with Gasteiger partial charge in [-0.25, -0.2) is 4.79 Å². The van der Waals surface area contributed by atoms with E-state index in [2.05, 4.69) is 4.90 Å². The van der Waals surface area contributed by atoms with Crippen molar-refractivity contribution in [3.05, 3.63) is 35.4 Å². The van der Waals surface area contributed by atoms with Crippen LogP contribution < -0.4 is 0 Å². The van der Waals surface area contributed by atoms with E-state index in [1.54, 1.807) is 12.1 Å². The van der Waals surface area contributed by atoms with Crippen molar-refractivity contribution in [2.45, 2.75) is 38.4 Å². The summed E-state index contributed by atoms with van der Waals surface area (Å²) in [6.07, 6.45) is 2.19. The van der Waals surface area contributed by atoms with Gasteiger partial charge >= 0.3 is 5.97 Å². The van der Waals surface area contributed by atoms with Gasteiger partial charge in [-0.1, -0.05) is 12.1 Å². The molecule has 0 aliphatic carbocycles. The summed E-state index contributed by atoms with van der Waals surface area (Å²) in [5.74, 6) is -0.685. The summed E-state index contributed by atoms with van der Waals surface area (Å²) in [5.41, 5.74) is 1.34. The zero-order valence-electron chi connectivity index (χ0n) is 12.2. The van der Waals surface area contributed by atoms with E-state index in [0.29, 0.717) is 18.2 Å². The summed E-state index contributed by atoms with van der Waals surface area (Å²) in [4.78, 5) is 27.4. The molecule has 0 aromatic heterocycles. The predicted molar refractivity (Wildman–Crippen MR) is 78.0 cm³/mol. The van der Waals surface area contributed by atoms with E-state index in [1.807, 2.05) is 24.0 Å². The molecule has 2 heterocycles. The summed E-state index contributed by atoms with van der Waals surface area (Å²) < 4.78 is 0. The molecule has 1 N–H and O–H groups in total. The van der Waals surface area contributed by atoms with Crippen molar-refractivity contribution in [3.63, 3.8) is 0 Å². The van der Waals surface area contributed by atoms with E-state index >= 15 is 0 Å². The van der Waals surface area contributed by atoms with Crippen molar-refractivity contribution in [1.29, 1.82) is 0 Å². The first-order valence-electron chi connectivity index (χ1n) is 7.43. The fourth-order valence-electron chi connectivity index (χ4n) is 3.33. The summed E-state index contributed by atoms with van der Waals surface area (Å²) in [7, 11) is 0. The van der Waals surface area contributed by atoms with Gasteiger partial charge in [-0.2, -0.15) is 0 Å². The van der Waals surface area contributed by atoms with Crippen molar-refractivity contribution >= 4 is 11.9 Å². The molecule has 2 aliphatic rings. The molecule has 5 nitrogen and oxygen atoms in total. The number of carbonyl (C=O) groups excluding carboxylic acids is 1. The number of hydrogen-bond donors (Lipinski definition) is 1. The van der Waals surface area contributed by atoms with Gasteiger partial charge in [-0.05, 0) is 37.5 Å². The first-order chi connectivity index (χ1) is 10.1. The third-order valence-electron chi connectivity index (χ3n) is 4.60. The van der Waals surface area contributed by atoms with Gasteiger partial charge < -0.3 is 10.0 Å². The normalized spacial score (nSPS) is 26.0. The lowest BCUT2D eigenvalue weighted by molar-refractivity contribution is -0.143. The Morgan fingerprint density at radius 3 is 2.71 bits per heavy atom. The zero-order valence-corrected chi connectivity index (χ0v) is 12.2. The first-order valence-corrected chi connectivity index (χ1v) is 7.43. The Hall–Kier alpha value is -1.88. The van der Waals surface area contributed by atoms with Crippen molar-refractivity contribution in [2.24, 2.45) is 0 Å². The minimum Gasteiger partial charge on any atom is -0.478 e. The van der Waals surface area contributed by atoms with Crippen molar-refractivity contribution in [1.82, 2.24) is 9.80 Å². The molecule has 1 amide bonds. The second-order valence-electron chi connectivity index (χ2n) is 5.94. The minimum atomic E-state index is -0.912. The summed E-state index contributed by atoms with van der Waals surface area (Å²) >= 11 is 0. The van der Waals surface area contributed by atoms with Gasteiger partial charge in [0.2, 0.25) is 5.91 Å². The number of benzene rings is 1. The van der Waals surface area contributed by atoms with Crippen molar-refractivity contribution < 1.29 is 14.7 Å². The molecule has 0 radical (unpaired) electrons. The highest BCUT2D eigenvalue weighted by Gasteiger charge is 2.39. The predicted octanol–water partition coefficient (Wildman–Crippen LogP) is 1.58. The van der Waals surface area contributed by atoms with Gasteiger partial charge in [-0.15, -0.1) is 0 Å². The van der Waals surface area contributed by atoms with E-state index in [4.69, 9.17) is 5.11 Å². The molecule has 2 atom stereocenters. The number of fused-ring (bicyclic) bond motifs is 1. The standard InChI is InChI=1S/C16H20N2O3/c1-11-15(19)18-8-2-3-14(18)10-17(11)9-12-4-6-13(7-5-12)16(20)21/h4-7,11,14H,2-3,8-10H2,1H3,(H,20,21)/t11-,14-/m1/s1. The SMILES string of the molecule is C[C@@H]1C(=O)N2CCC[C@@H]2CN1Cc1ccc(C(=O)O)cc1. The smallest absolute Gasteiger partial charge is 0.335 e. The van der Waals surface area contributed by atoms with Crippen LogP contribution in [0.25, 0.3) is 0 Å². The maximum absolute atomic E-state index is 12.4. The Morgan fingerprint density at radius 1 is 1.33 bits per heavy atom. The molecule has 3 rings (SSSR count). The summed E-state index contributed by atoms with van der Waals surface area (Å²) in [6, 6.07) is 7.17. The molecule has 0 bridgehead atoms. The fraction of sp³-hybridized carbons (Fsp3) is 0.500. The van der Waals surface area contributed by atoms with Crippen LogP contribution in [0.4, 0.5) is 0 Å². The van der Waals surface area contributed by atoms with E-state index in [1.165, 1.54) is 0 Å². The second-order valence-corrected chi connectivity index (χ2v) is 5.94. The Labute approximate surface area is 124 Å². The number of amides is 1. The lowest BCUT2D eigenvalue weighted by atomic mass is 10.1. The average molecular weight is 288 g/mol. The van der Waals surface area contributed by atoms with Gasteiger partial charge in [0, 0.05) is 25.7 Å². The van der Waals surface area contributed by atoms with Gasteiger partial charge in [0.15, 0.2) is 0 Å². The van der Waals surface area contributed by atoms with Crippen molar-refractivity contribution in [3.8, 4) is 0 Å². The molecule has 0 spiro atoms. The molecule has 2 aliphatic heterocycles. The molecule has 0 unspecified atom stereocenters. The Kier molecular flexibility index (Phi) is 3.68. The van der Waals surface area contributed by atoms with Crippen LogP contribution in [0.2, 0.25) is 0 Å². The number of aromatic carboxylic acids is 1. The third kappa shape index (κ3) is 2.65. The third-order valence-corrected chi connectivity index (χ3v) is 4.60. The summed E-state index contributed by atoms with van der Waals surface area (Å²) in [5, 5.41) is 8.92. The molecule has 5 heteroatoms. The van der Waals surface area contributed by atoms with Crippen LogP contribution in [0.15, 0.2) is 24.3 Å². The number of carboxylic acids is 1. The Bertz CT molecular complexity index is 555. The van der Waals surface area contributed by atoms with Gasteiger partial charge in [0.05, 0.1) is 11.6 Å². The molecular weight excluding hydrogens is 268 g/mol. The monoisotopic (exact) mass is 288 g/mol. The quantitative estimate of drug-likeness (QED) is 0.917. The van der Waals surface area contributed by atoms with Crippen LogP contribution in [0, 0.1) is 0 Å². The van der Waals surface area contributed by atoms with Crippen LogP contribution in [-0.2, 0) is 11.3 Å². The van der Waals surface area contributed by atoms with Crippen LogP contribution >= 0.6 is 0 Å². The number of nitrogens with zero attached hydrogens (tertiary/aromatic N) is 2. The highest BCUT2D eigenvalue weighted by molar-refractivity contribution is 5.87. The molecular formula is C16H20N2O3. The van der Waals surface area contributed by atoms with Crippen LogP contribution in [0.3, 0.4) is 0 Å². The number of hydrogen-bond acceptors (Lipinski definition) is 3. The lowest BCUT2D eigenvalue weighted by Crippen LogP contribution is -2.58. The van der Waals surface area contributed by atoms with Crippen LogP contribution in [0.1, 0.15) is 35.7 Å². The molecule has 1 aromatic carbocycles. The highest BCUT2D eigenvalue weighted by atomic mass is 16.4. The van der Waals surface area contributed by atoms with E-state index in [0.717, 1.165) is 31.5 Å². The number of carbonyl (C=O) groups is 2. The molecule has 0 saturated carbocycles. The molecule has 21 heavy (non-hydrogen) atoms. The number of piperazine rings is 1. The van der Waals surface area contributed by atoms with Gasteiger partial charge in [0.25, 0.3) is 0 Å². The van der Waals surface area contributed by atoms with Crippen LogP contribution in [-0.4, -0.2) is 52.0 Å². The fourth-order valence-corrected chi connectivity index (χ4v) is 3.33. The molecule has 112 valence electrons. The minimum absolute atomic E-state index is 0.0986. The van der Waals surface area contributed by atoms with Crippen LogP contribution in [0.5, 0.6) is 0 Å². The largest absolute Gasteiger partial charge is 0.478 e. The molecule has 2 fully saturated rings. The first kappa shape index (κ1) is 14.1. The zero-order chi connectivity index (χ0) is 15.0. The topological polar surface area (TPSA) is 60.9 Å². The molecule has 2 saturated heterocycles. The Morgan fingerprint density at radius 2 is 2.05 bits per heavy atom. The van der Waals surface area contributed by atoms with Gasteiger partial charge in [-0.3, -0.25) is 9.69 Å². The lowest BCUT2D eigenvalue weighted by Gasteiger charge is -2.41. The number of rotatable bonds is 3. The van der Waals surface area contributed by atoms with E-state index in [-0.39, 0.29) is 11.9 Å². The highest BCUT2D eigenvalue weighted by Crippen LogP contribution is 2.26. The summed E-state index contributed by atoms with van der Waals surface area (Å²) in [6.45, 7) is 4.46. The van der Waals surface area contributed by atoms with E-state index < -0.39 is 5.97 Å². The van der Waals surface area contributed by atoms with Gasteiger partial charge in [0.1, 0.15) is 0 Å². The Balaban J connectivity index is 1.71. The maximum Gasteiger partial charge on any atom is 0.335 e. The maximum atomic E-state index is 12.4. The van der Waals surface area contributed by atoms with E-state index in [9.17, 15) is 9.59 Å².